The minimum absolute atomic E-state index is 0.779. The summed E-state index contributed by atoms with van der Waals surface area (Å²) in [6, 6.07) is 0.779. The third-order valence-electron chi connectivity index (χ3n) is 3.74. The molecule has 0 unspecified atom stereocenters. The van der Waals surface area contributed by atoms with Gasteiger partial charge in [0.2, 0.25) is 0 Å². The molecule has 2 aliphatic rings. The van der Waals surface area contributed by atoms with Gasteiger partial charge >= 0.3 is 0 Å². The molecule has 0 amide bonds. The predicted octanol–water partition coefficient (Wildman–Crippen LogP) is 1.86. The van der Waals surface area contributed by atoms with Gasteiger partial charge in [0.1, 0.15) is 0 Å². The Morgan fingerprint density at radius 3 is 2.50 bits per heavy atom. The quantitative estimate of drug-likeness (QED) is 0.738. The van der Waals surface area contributed by atoms with Gasteiger partial charge in [0.25, 0.3) is 0 Å². The summed E-state index contributed by atoms with van der Waals surface area (Å²) in [5.74, 6) is 1.00. The highest BCUT2D eigenvalue weighted by Gasteiger charge is 2.20. The summed E-state index contributed by atoms with van der Waals surface area (Å²) < 4.78 is 0. The largest absolute Gasteiger partial charge is 0.313 e. The molecule has 1 aliphatic carbocycles. The molecular weight excluding hydrogens is 172 g/mol. The number of rotatable bonds is 4. The number of likely N-dealkylation sites (N-methyl/N-ethyl adjacent to an activating group) is 1. The van der Waals surface area contributed by atoms with Crippen molar-refractivity contribution in [1.82, 2.24) is 10.2 Å². The van der Waals surface area contributed by atoms with Crippen molar-refractivity contribution in [2.75, 3.05) is 26.7 Å². The van der Waals surface area contributed by atoms with E-state index in [4.69, 9.17) is 0 Å². The number of hydrogen-bond donors (Lipinski definition) is 1. The number of hydrogen-bond acceptors (Lipinski definition) is 2. The third kappa shape index (κ3) is 2.96. The first-order valence-electron chi connectivity index (χ1n) is 6.26. The van der Waals surface area contributed by atoms with E-state index in [1.54, 1.807) is 0 Å². The Balaban J connectivity index is 1.64. The molecule has 14 heavy (non-hydrogen) atoms. The van der Waals surface area contributed by atoms with Gasteiger partial charge in [-0.15, -0.1) is 0 Å². The van der Waals surface area contributed by atoms with Crippen molar-refractivity contribution >= 4 is 0 Å². The Morgan fingerprint density at radius 1 is 1.07 bits per heavy atom. The summed E-state index contributed by atoms with van der Waals surface area (Å²) >= 11 is 0. The maximum absolute atomic E-state index is 3.57. The van der Waals surface area contributed by atoms with Gasteiger partial charge in [0.05, 0.1) is 0 Å². The Labute approximate surface area is 88.1 Å². The first-order valence-corrected chi connectivity index (χ1v) is 6.26. The van der Waals surface area contributed by atoms with Gasteiger partial charge in [-0.3, -0.25) is 0 Å². The lowest BCUT2D eigenvalue weighted by atomic mass is 10.1. The highest BCUT2D eigenvalue weighted by atomic mass is 15.1. The Bertz CT molecular complexity index is 140. The van der Waals surface area contributed by atoms with Crippen molar-refractivity contribution in [2.45, 2.75) is 44.6 Å². The third-order valence-corrected chi connectivity index (χ3v) is 3.74. The summed E-state index contributed by atoms with van der Waals surface area (Å²) in [5, 5.41) is 3.57. The fraction of sp³-hybridized carbons (Fsp3) is 1.00. The molecule has 1 saturated heterocycles. The molecule has 1 heterocycles. The molecule has 0 aromatic carbocycles. The van der Waals surface area contributed by atoms with Crippen LogP contribution in [0.25, 0.3) is 0 Å². The predicted molar refractivity (Wildman–Crippen MR) is 60.5 cm³/mol. The van der Waals surface area contributed by atoms with E-state index in [2.05, 4.69) is 17.3 Å². The minimum Gasteiger partial charge on any atom is -0.313 e. The smallest absolute Gasteiger partial charge is 0.0195 e. The van der Waals surface area contributed by atoms with Crippen molar-refractivity contribution < 1.29 is 0 Å². The normalized spacial score (nSPS) is 29.1. The van der Waals surface area contributed by atoms with Crippen LogP contribution >= 0.6 is 0 Å². The second kappa shape index (κ2) is 5.13. The van der Waals surface area contributed by atoms with E-state index in [-0.39, 0.29) is 0 Å². The zero-order valence-corrected chi connectivity index (χ0v) is 9.47. The van der Waals surface area contributed by atoms with E-state index in [1.165, 1.54) is 58.2 Å². The van der Waals surface area contributed by atoms with E-state index in [0.717, 1.165) is 12.0 Å². The van der Waals surface area contributed by atoms with Gasteiger partial charge in [0, 0.05) is 19.1 Å². The molecule has 1 atom stereocenters. The van der Waals surface area contributed by atoms with Crippen molar-refractivity contribution in [3.63, 3.8) is 0 Å². The van der Waals surface area contributed by atoms with Crippen molar-refractivity contribution in [3.8, 4) is 0 Å². The highest BCUT2D eigenvalue weighted by molar-refractivity contribution is 4.78. The molecule has 2 heteroatoms. The molecule has 0 bridgehead atoms. The molecule has 2 fully saturated rings. The molecular formula is C12H24N2. The van der Waals surface area contributed by atoms with Crippen LogP contribution < -0.4 is 5.32 Å². The summed E-state index contributed by atoms with van der Waals surface area (Å²) in [5.41, 5.74) is 0. The van der Waals surface area contributed by atoms with Crippen LogP contribution in [0, 0.1) is 5.92 Å². The first-order chi connectivity index (χ1) is 6.84. The molecule has 0 aromatic rings. The summed E-state index contributed by atoms with van der Waals surface area (Å²) in [7, 11) is 2.29. The standard InChI is InChI=1S/C12H24N2/c1-14(9-11-5-2-3-6-11)10-12-7-4-8-13-12/h11-13H,2-10H2,1H3/t12-/m1/s1. The molecule has 1 saturated carbocycles. The van der Waals surface area contributed by atoms with Crippen LogP contribution in [0.1, 0.15) is 38.5 Å². The first kappa shape index (κ1) is 10.4. The summed E-state index contributed by atoms with van der Waals surface area (Å²) in [6.07, 6.45) is 8.65. The Hall–Kier alpha value is -0.0800. The SMILES string of the molecule is CN(CC1CCCC1)C[C@H]1CCCN1. The Morgan fingerprint density at radius 2 is 1.86 bits per heavy atom. The average molecular weight is 196 g/mol. The van der Waals surface area contributed by atoms with Crippen LogP contribution in [-0.4, -0.2) is 37.6 Å². The average Bonchev–Trinajstić information content (AvgIpc) is 2.76. The van der Waals surface area contributed by atoms with E-state index in [1.807, 2.05) is 0 Å². The molecule has 0 radical (unpaired) electrons. The van der Waals surface area contributed by atoms with Crippen LogP contribution in [0.15, 0.2) is 0 Å². The van der Waals surface area contributed by atoms with E-state index in [9.17, 15) is 0 Å². The molecule has 2 nitrogen and oxygen atoms in total. The maximum Gasteiger partial charge on any atom is 0.0195 e. The highest BCUT2D eigenvalue weighted by Crippen LogP contribution is 2.25. The Kier molecular flexibility index (Phi) is 3.82. The summed E-state index contributed by atoms with van der Waals surface area (Å²) in [4.78, 5) is 2.54. The van der Waals surface area contributed by atoms with E-state index >= 15 is 0 Å². The van der Waals surface area contributed by atoms with Gasteiger partial charge in [-0.1, -0.05) is 12.8 Å². The van der Waals surface area contributed by atoms with Crippen LogP contribution in [-0.2, 0) is 0 Å². The number of nitrogens with one attached hydrogen (secondary N) is 1. The lowest BCUT2D eigenvalue weighted by Gasteiger charge is -2.23. The maximum atomic E-state index is 3.57. The van der Waals surface area contributed by atoms with Crippen molar-refractivity contribution in [2.24, 2.45) is 5.92 Å². The topological polar surface area (TPSA) is 15.3 Å². The van der Waals surface area contributed by atoms with Gasteiger partial charge in [-0.05, 0) is 45.2 Å². The van der Waals surface area contributed by atoms with Crippen LogP contribution in [0.2, 0.25) is 0 Å². The van der Waals surface area contributed by atoms with Crippen LogP contribution in [0.5, 0.6) is 0 Å². The van der Waals surface area contributed by atoms with Crippen LogP contribution in [0.3, 0.4) is 0 Å². The second-order valence-corrected chi connectivity index (χ2v) is 5.16. The fourth-order valence-corrected chi connectivity index (χ4v) is 3.00. The zero-order valence-electron chi connectivity index (χ0n) is 9.47. The molecule has 1 N–H and O–H groups in total. The molecule has 82 valence electrons. The minimum atomic E-state index is 0.779. The lowest BCUT2D eigenvalue weighted by Crippen LogP contribution is -2.37. The van der Waals surface area contributed by atoms with Crippen LogP contribution in [0.4, 0.5) is 0 Å². The van der Waals surface area contributed by atoms with Gasteiger partial charge in [0.15, 0.2) is 0 Å². The molecule has 2 rings (SSSR count). The van der Waals surface area contributed by atoms with Gasteiger partial charge in [-0.2, -0.15) is 0 Å². The van der Waals surface area contributed by atoms with Crippen molar-refractivity contribution in [1.29, 1.82) is 0 Å². The van der Waals surface area contributed by atoms with E-state index < -0.39 is 0 Å². The second-order valence-electron chi connectivity index (χ2n) is 5.16. The number of nitrogens with zero attached hydrogens (tertiary/aromatic N) is 1. The molecule has 1 aliphatic heterocycles. The van der Waals surface area contributed by atoms with Crippen molar-refractivity contribution in [3.05, 3.63) is 0 Å². The summed E-state index contributed by atoms with van der Waals surface area (Å²) in [6.45, 7) is 3.83. The zero-order chi connectivity index (χ0) is 9.80. The fourth-order valence-electron chi connectivity index (χ4n) is 3.00. The lowest BCUT2D eigenvalue weighted by molar-refractivity contribution is 0.256. The molecule has 0 spiro atoms. The van der Waals surface area contributed by atoms with Gasteiger partial charge in [-0.25, -0.2) is 0 Å². The van der Waals surface area contributed by atoms with Gasteiger partial charge < -0.3 is 10.2 Å². The monoisotopic (exact) mass is 196 g/mol. The molecule has 0 aromatic heterocycles. The van der Waals surface area contributed by atoms with E-state index in [0.29, 0.717) is 0 Å².